The van der Waals surface area contributed by atoms with Crippen LogP contribution in [-0.4, -0.2) is 61.7 Å². The number of rotatable bonds is 6. The average Bonchev–Trinajstić information content (AvgIpc) is 2.95. The van der Waals surface area contributed by atoms with Gasteiger partial charge in [-0.05, 0) is 51.9 Å². The highest BCUT2D eigenvalue weighted by Gasteiger charge is 2.22. The molecule has 3 heteroatoms. The molecule has 2 aliphatic rings. The molecule has 0 amide bonds. The molecule has 0 aromatic heterocycles. The zero-order valence-electron chi connectivity index (χ0n) is 10.7. The highest BCUT2D eigenvalue weighted by molar-refractivity contribution is 4.81. The second-order valence-electron chi connectivity index (χ2n) is 5.29. The van der Waals surface area contributed by atoms with E-state index in [-0.39, 0.29) is 0 Å². The first-order valence-electron chi connectivity index (χ1n) is 7.06. The summed E-state index contributed by atoms with van der Waals surface area (Å²) < 4.78 is 0. The summed E-state index contributed by atoms with van der Waals surface area (Å²) in [6.45, 7) is 11.3. The summed E-state index contributed by atoms with van der Waals surface area (Å²) in [5.41, 5.74) is 0. The van der Waals surface area contributed by atoms with Crippen LogP contribution in [0, 0.1) is 0 Å². The molecular formula is C13H27N3. The normalized spacial score (nSPS) is 27.9. The summed E-state index contributed by atoms with van der Waals surface area (Å²) in [6.07, 6.45) is 5.44. The molecule has 1 N–H and O–H groups in total. The highest BCUT2D eigenvalue weighted by atomic mass is 15.2. The van der Waals surface area contributed by atoms with Crippen LogP contribution >= 0.6 is 0 Å². The fourth-order valence-corrected chi connectivity index (χ4v) is 2.84. The molecular weight excluding hydrogens is 198 g/mol. The van der Waals surface area contributed by atoms with Gasteiger partial charge in [0.1, 0.15) is 0 Å². The molecule has 0 aromatic carbocycles. The van der Waals surface area contributed by atoms with Crippen molar-refractivity contribution < 1.29 is 0 Å². The maximum absolute atomic E-state index is 3.63. The molecule has 1 unspecified atom stereocenters. The largest absolute Gasteiger partial charge is 0.313 e. The van der Waals surface area contributed by atoms with E-state index in [9.17, 15) is 0 Å². The molecule has 2 saturated heterocycles. The van der Waals surface area contributed by atoms with Crippen LogP contribution in [0.25, 0.3) is 0 Å². The van der Waals surface area contributed by atoms with E-state index < -0.39 is 0 Å². The third-order valence-electron chi connectivity index (χ3n) is 3.89. The minimum atomic E-state index is 0.763. The highest BCUT2D eigenvalue weighted by Crippen LogP contribution is 2.11. The van der Waals surface area contributed by atoms with E-state index >= 15 is 0 Å². The molecule has 0 radical (unpaired) electrons. The van der Waals surface area contributed by atoms with Crippen LogP contribution in [0.5, 0.6) is 0 Å². The van der Waals surface area contributed by atoms with Crippen molar-refractivity contribution >= 4 is 0 Å². The maximum Gasteiger partial charge on any atom is 0.0207 e. The predicted molar refractivity (Wildman–Crippen MR) is 68.8 cm³/mol. The van der Waals surface area contributed by atoms with Gasteiger partial charge in [-0.3, -0.25) is 0 Å². The van der Waals surface area contributed by atoms with E-state index in [1.54, 1.807) is 0 Å². The van der Waals surface area contributed by atoms with Crippen molar-refractivity contribution in [1.29, 1.82) is 0 Å². The SMILES string of the molecule is CCCNC1CCN(CCN2CCCC2)C1. The first-order chi connectivity index (χ1) is 7.88. The summed E-state index contributed by atoms with van der Waals surface area (Å²) in [4.78, 5) is 5.25. The van der Waals surface area contributed by atoms with Crippen LogP contribution in [-0.2, 0) is 0 Å². The minimum absolute atomic E-state index is 0.763. The first-order valence-corrected chi connectivity index (χ1v) is 7.06. The average molecular weight is 225 g/mol. The van der Waals surface area contributed by atoms with Crippen molar-refractivity contribution in [3.63, 3.8) is 0 Å². The Morgan fingerprint density at radius 2 is 1.81 bits per heavy atom. The fourth-order valence-electron chi connectivity index (χ4n) is 2.84. The van der Waals surface area contributed by atoms with Gasteiger partial charge in [-0.1, -0.05) is 6.92 Å². The lowest BCUT2D eigenvalue weighted by atomic mass is 10.2. The van der Waals surface area contributed by atoms with Crippen LogP contribution < -0.4 is 5.32 Å². The number of nitrogens with one attached hydrogen (secondary N) is 1. The zero-order chi connectivity index (χ0) is 11.2. The van der Waals surface area contributed by atoms with E-state index in [1.165, 1.54) is 71.5 Å². The predicted octanol–water partition coefficient (Wildman–Crippen LogP) is 1.16. The van der Waals surface area contributed by atoms with Gasteiger partial charge in [-0.2, -0.15) is 0 Å². The number of likely N-dealkylation sites (tertiary alicyclic amines) is 2. The number of nitrogens with zero attached hydrogens (tertiary/aromatic N) is 2. The van der Waals surface area contributed by atoms with Gasteiger partial charge in [0.25, 0.3) is 0 Å². The second kappa shape index (κ2) is 6.58. The number of hydrogen-bond acceptors (Lipinski definition) is 3. The third kappa shape index (κ3) is 3.72. The molecule has 1 atom stereocenters. The molecule has 0 aromatic rings. The lowest BCUT2D eigenvalue weighted by molar-refractivity contribution is 0.254. The van der Waals surface area contributed by atoms with Crippen LogP contribution in [0.3, 0.4) is 0 Å². The van der Waals surface area contributed by atoms with Crippen molar-refractivity contribution in [3.8, 4) is 0 Å². The van der Waals surface area contributed by atoms with E-state index in [1.807, 2.05) is 0 Å². The maximum atomic E-state index is 3.63. The molecule has 0 spiro atoms. The van der Waals surface area contributed by atoms with Crippen molar-refractivity contribution in [1.82, 2.24) is 15.1 Å². The van der Waals surface area contributed by atoms with Crippen LogP contribution in [0.4, 0.5) is 0 Å². The molecule has 2 aliphatic heterocycles. The molecule has 2 rings (SSSR count). The van der Waals surface area contributed by atoms with E-state index in [0.717, 1.165) is 6.04 Å². The van der Waals surface area contributed by atoms with Gasteiger partial charge in [0.2, 0.25) is 0 Å². The Morgan fingerprint density at radius 1 is 1.06 bits per heavy atom. The Hall–Kier alpha value is -0.120. The molecule has 2 fully saturated rings. The monoisotopic (exact) mass is 225 g/mol. The van der Waals surface area contributed by atoms with Crippen molar-refractivity contribution in [2.24, 2.45) is 0 Å². The molecule has 16 heavy (non-hydrogen) atoms. The third-order valence-corrected chi connectivity index (χ3v) is 3.89. The summed E-state index contributed by atoms with van der Waals surface area (Å²) in [5, 5.41) is 3.63. The van der Waals surface area contributed by atoms with Gasteiger partial charge in [-0.25, -0.2) is 0 Å². The molecule has 0 bridgehead atoms. The minimum Gasteiger partial charge on any atom is -0.313 e. The zero-order valence-corrected chi connectivity index (χ0v) is 10.7. The number of hydrogen-bond donors (Lipinski definition) is 1. The molecule has 0 aliphatic carbocycles. The van der Waals surface area contributed by atoms with Crippen LogP contribution in [0.2, 0.25) is 0 Å². The van der Waals surface area contributed by atoms with Gasteiger partial charge in [0.15, 0.2) is 0 Å². The fraction of sp³-hybridized carbons (Fsp3) is 1.00. The summed E-state index contributed by atoms with van der Waals surface area (Å²) in [7, 11) is 0. The van der Waals surface area contributed by atoms with Crippen molar-refractivity contribution in [3.05, 3.63) is 0 Å². The second-order valence-corrected chi connectivity index (χ2v) is 5.29. The van der Waals surface area contributed by atoms with Crippen LogP contribution in [0.15, 0.2) is 0 Å². The smallest absolute Gasteiger partial charge is 0.0207 e. The van der Waals surface area contributed by atoms with Gasteiger partial charge in [0, 0.05) is 25.7 Å². The standard InChI is InChI=1S/C13H27N3/c1-2-6-14-13-5-9-16(12-13)11-10-15-7-3-4-8-15/h13-14H,2-12H2,1H3. The molecule has 94 valence electrons. The summed E-state index contributed by atoms with van der Waals surface area (Å²) >= 11 is 0. The molecule has 2 heterocycles. The first kappa shape index (κ1) is 12.3. The Kier molecular flexibility index (Phi) is 5.07. The lowest BCUT2D eigenvalue weighted by Crippen LogP contribution is -2.36. The Bertz CT molecular complexity index is 190. The van der Waals surface area contributed by atoms with Gasteiger partial charge in [-0.15, -0.1) is 0 Å². The molecule has 0 saturated carbocycles. The quantitative estimate of drug-likeness (QED) is 0.732. The Labute approximate surface area is 100 Å². The van der Waals surface area contributed by atoms with Gasteiger partial charge < -0.3 is 15.1 Å². The Balaban J connectivity index is 1.57. The topological polar surface area (TPSA) is 18.5 Å². The van der Waals surface area contributed by atoms with Gasteiger partial charge >= 0.3 is 0 Å². The lowest BCUT2D eigenvalue weighted by Gasteiger charge is -2.21. The van der Waals surface area contributed by atoms with E-state index in [4.69, 9.17) is 0 Å². The van der Waals surface area contributed by atoms with Gasteiger partial charge in [0.05, 0.1) is 0 Å². The summed E-state index contributed by atoms with van der Waals surface area (Å²) in [6, 6.07) is 0.763. The van der Waals surface area contributed by atoms with E-state index in [2.05, 4.69) is 22.0 Å². The molecule has 3 nitrogen and oxygen atoms in total. The van der Waals surface area contributed by atoms with E-state index in [0.29, 0.717) is 0 Å². The van der Waals surface area contributed by atoms with Crippen molar-refractivity contribution in [2.75, 3.05) is 45.8 Å². The summed E-state index contributed by atoms with van der Waals surface area (Å²) in [5.74, 6) is 0. The van der Waals surface area contributed by atoms with Crippen molar-refractivity contribution in [2.45, 2.75) is 38.6 Å². The Morgan fingerprint density at radius 3 is 2.56 bits per heavy atom. The van der Waals surface area contributed by atoms with Crippen LogP contribution in [0.1, 0.15) is 32.6 Å².